The van der Waals surface area contributed by atoms with Crippen LogP contribution in [0.1, 0.15) is 12.5 Å². The van der Waals surface area contributed by atoms with E-state index >= 15 is 0 Å². The summed E-state index contributed by atoms with van der Waals surface area (Å²) in [6.45, 7) is 2.01. The molecule has 0 saturated heterocycles. The fraction of sp³-hybridized carbons (Fsp3) is 0.143. The molecule has 0 aliphatic heterocycles. The van der Waals surface area contributed by atoms with Gasteiger partial charge in [-0.15, -0.1) is 11.8 Å². The summed E-state index contributed by atoms with van der Waals surface area (Å²) in [5, 5.41) is 0.635. The molecule has 0 spiro atoms. The highest BCUT2D eigenvalue weighted by molar-refractivity contribution is 9.10. The lowest BCUT2D eigenvalue weighted by atomic mass is 10.2. The first-order chi connectivity index (χ1) is 9.54. The maximum atomic E-state index is 12.6. The van der Waals surface area contributed by atoms with Gasteiger partial charge in [0.25, 0.3) is 5.56 Å². The van der Waals surface area contributed by atoms with Gasteiger partial charge in [-0.05, 0) is 52.0 Å². The average Bonchev–Trinajstić information content (AvgIpc) is 2.41. The SMILES string of the molecule is CCSC(=S)c1c(Br)ccn(-c2ccc(Cl)cc2)c1=O. The smallest absolute Gasteiger partial charge is 0.265 e. The molecule has 1 aromatic heterocycles. The van der Waals surface area contributed by atoms with Crippen LogP contribution in [0.3, 0.4) is 0 Å². The molecule has 0 aliphatic carbocycles. The van der Waals surface area contributed by atoms with Gasteiger partial charge in [-0.3, -0.25) is 9.36 Å². The number of hydrogen-bond acceptors (Lipinski definition) is 3. The summed E-state index contributed by atoms with van der Waals surface area (Å²) in [6, 6.07) is 8.94. The Morgan fingerprint density at radius 2 is 2.00 bits per heavy atom. The van der Waals surface area contributed by atoms with Crippen LogP contribution in [0.2, 0.25) is 5.02 Å². The van der Waals surface area contributed by atoms with Crippen LogP contribution >= 0.6 is 51.5 Å². The molecular formula is C14H11BrClNOS2. The predicted molar refractivity (Wildman–Crippen MR) is 94.6 cm³/mol. The predicted octanol–water partition coefficient (Wildman–Crippen LogP) is 4.68. The molecule has 1 aromatic carbocycles. The van der Waals surface area contributed by atoms with E-state index in [2.05, 4.69) is 15.9 Å². The minimum atomic E-state index is -0.132. The van der Waals surface area contributed by atoms with E-state index in [-0.39, 0.29) is 5.56 Å². The van der Waals surface area contributed by atoms with E-state index in [9.17, 15) is 4.79 Å². The number of rotatable bonds is 3. The molecule has 0 atom stereocenters. The van der Waals surface area contributed by atoms with E-state index in [0.717, 1.165) is 15.9 Å². The molecule has 0 fully saturated rings. The van der Waals surface area contributed by atoms with Crippen LogP contribution in [0, 0.1) is 0 Å². The Balaban J connectivity index is 2.57. The van der Waals surface area contributed by atoms with E-state index in [1.165, 1.54) is 11.8 Å². The Hall–Kier alpha value is -0.620. The lowest BCUT2D eigenvalue weighted by Gasteiger charge is -2.10. The summed E-state index contributed by atoms with van der Waals surface area (Å²) in [5.74, 6) is 0.834. The molecule has 0 aliphatic rings. The van der Waals surface area contributed by atoms with Crippen molar-refractivity contribution >= 4 is 55.7 Å². The van der Waals surface area contributed by atoms with Gasteiger partial charge in [0.2, 0.25) is 0 Å². The fourth-order valence-electron chi connectivity index (χ4n) is 1.71. The average molecular weight is 389 g/mol. The molecule has 0 N–H and O–H groups in total. The summed E-state index contributed by atoms with van der Waals surface area (Å²) >= 11 is 16.1. The molecule has 0 unspecified atom stereocenters. The minimum Gasteiger partial charge on any atom is -0.284 e. The molecule has 6 heteroatoms. The van der Waals surface area contributed by atoms with Crippen molar-refractivity contribution in [1.82, 2.24) is 4.57 Å². The van der Waals surface area contributed by atoms with Gasteiger partial charge in [-0.25, -0.2) is 0 Å². The zero-order valence-corrected chi connectivity index (χ0v) is 14.6. The Morgan fingerprint density at radius 3 is 2.60 bits per heavy atom. The highest BCUT2D eigenvalue weighted by Crippen LogP contribution is 2.21. The monoisotopic (exact) mass is 387 g/mol. The molecule has 0 bridgehead atoms. The van der Waals surface area contributed by atoms with Crippen LogP contribution in [-0.4, -0.2) is 14.5 Å². The molecule has 0 radical (unpaired) electrons. The second-order valence-electron chi connectivity index (χ2n) is 3.91. The number of hydrogen-bond donors (Lipinski definition) is 0. The van der Waals surface area contributed by atoms with Gasteiger partial charge in [-0.2, -0.15) is 0 Å². The standard InChI is InChI=1S/C14H11BrClNOS2/c1-2-20-14(19)12-11(15)7-8-17(13(12)18)10-5-3-9(16)4-6-10/h3-8H,2H2,1H3. The number of pyridine rings is 1. The van der Waals surface area contributed by atoms with E-state index in [0.29, 0.717) is 14.8 Å². The molecule has 20 heavy (non-hydrogen) atoms. The van der Waals surface area contributed by atoms with E-state index in [1.54, 1.807) is 35.0 Å². The second kappa shape index (κ2) is 6.89. The quantitative estimate of drug-likeness (QED) is 0.713. The highest BCUT2D eigenvalue weighted by atomic mass is 79.9. The lowest BCUT2D eigenvalue weighted by molar-refractivity contribution is 0.983. The third-order valence-electron chi connectivity index (χ3n) is 2.63. The lowest BCUT2D eigenvalue weighted by Crippen LogP contribution is -2.24. The van der Waals surface area contributed by atoms with Gasteiger partial charge in [0.15, 0.2) is 0 Å². The fourth-order valence-corrected chi connectivity index (χ4v) is 3.74. The number of thiocarbonyl (C=S) groups is 1. The number of benzene rings is 1. The van der Waals surface area contributed by atoms with Crippen molar-refractivity contribution in [3.63, 3.8) is 0 Å². The van der Waals surface area contributed by atoms with Gasteiger partial charge in [0, 0.05) is 21.4 Å². The Morgan fingerprint density at radius 1 is 1.35 bits per heavy atom. The first kappa shape index (κ1) is 15.8. The molecule has 2 rings (SSSR count). The number of halogens is 2. The summed E-state index contributed by atoms with van der Waals surface area (Å²) in [5.41, 5.74) is 1.16. The maximum Gasteiger partial charge on any atom is 0.265 e. The van der Waals surface area contributed by atoms with Crippen LogP contribution in [-0.2, 0) is 0 Å². The Kier molecular flexibility index (Phi) is 5.43. The van der Waals surface area contributed by atoms with Gasteiger partial charge in [0.1, 0.15) is 0 Å². The van der Waals surface area contributed by atoms with E-state index in [1.807, 2.05) is 13.0 Å². The third-order valence-corrected chi connectivity index (χ3v) is 4.85. The summed E-state index contributed by atoms with van der Waals surface area (Å²) in [6.07, 6.45) is 1.72. The largest absolute Gasteiger partial charge is 0.284 e. The van der Waals surface area contributed by atoms with Gasteiger partial charge >= 0.3 is 0 Å². The molecule has 0 amide bonds. The van der Waals surface area contributed by atoms with Gasteiger partial charge in [-0.1, -0.05) is 30.7 Å². The molecule has 0 saturated carbocycles. The van der Waals surface area contributed by atoms with Crippen LogP contribution in [0.5, 0.6) is 0 Å². The molecular weight excluding hydrogens is 378 g/mol. The minimum absolute atomic E-state index is 0.132. The van der Waals surface area contributed by atoms with Crippen molar-refractivity contribution < 1.29 is 0 Å². The zero-order valence-electron chi connectivity index (χ0n) is 10.6. The normalized spacial score (nSPS) is 10.6. The van der Waals surface area contributed by atoms with Crippen LogP contribution < -0.4 is 5.56 Å². The van der Waals surface area contributed by atoms with Crippen molar-refractivity contribution in [1.29, 1.82) is 0 Å². The summed E-state index contributed by atoms with van der Waals surface area (Å²) < 4.78 is 2.89. The third kappa shape index (κ3) is 3.34. The van der Waals surface area contributed by atoms with Crippen LogP contribution in [0.25, 0.3) is 5.69 Å². The molecule has 104 valence electrons. The van der Waals surface area contributed by atoms with Crippen molar-refractivity contribution in [3.8, 4) is 5.69 Å². The van der Waals surface area contributed by atoms with Crippen LogP contribution in [0.4, 0.5) is 0 Å². The molecule has 1 heterocycles. The first-order valence-corrected chi connectivity index (χ1v) is 8.45. The zero-order chi connectivity index (χ0) is 14.7. The van der Waals surface area contributed by atoms with Gasteiger partial charge in [0.05, 0.1) is 9.76 Å². The molecule has 2 nitrogen and oxygen atoms in total. The first-order valence-electron chi connectivity index (χ1n) is 5.88. The maximum absolute atomic E-state index is 12.6. The second-order valence-corrected chi connectivity index (χ2v) is 7.14. The summed E-state index contributed by atoms with van der Waals surface area (Å²) in [7, 11) is 0. The van der Waals surface area contributed by atoms with Crippen molar-refractivity contribution in [2.75, 3.05) is 5.75 Å². The van der Waals surface area contributed by atoms with E-state index in [4.69, 9.17) is 23.8 Å². The van der Waals surface area contributed by atoms with Crippen molar-refractivity contribution in [2.24, 2.45) is 0 Å². The van der Waals surface area contributed by atoms with Crippen LogP contribution in [0.15, 0.2) is 45.8 Å². The van der Waals surface area contributed by atoms with Crippen molar-refractivity contribution in [3.05, 3.63) is 61.9 Å². The van der Waals surface area contributed by atoms with Crippen molar-refractivity contribution in [2.45, 2.75) is 6.92 Å². The van der Waals surface area contributed by atoms with E-state index < -0.39 is 0 Å². The Bertz CT molecular complexity index is 697. The van der Waals surface area contributed by atoms with Gasteiger partial charge < -0.3 is 0 Å². The number of aromatic nitrogens is 1. The highest BCUT2D eigenvalue weighted by Gasteiger charge is 2.14. The topological polar surface area (TPSA) is 22.0 Å². The molecule has 2 aromatic rings. The number of thioether (sulfide) groups is 1. The Labute approximate surface area is 140 Å². The number of nitrogens with zero attached hydrogens (tertiary/aromatic N) is 1. The summed E-state index contributed by atoms with van der Waals surface area (Å²) in [4.78, 5) is 12.6.